The maximum Gasteiger partial charge on any atom is 0.134 e. The van der Waals surface area contributed by atoms with Crippen LogP contribution in [0.4, 0.5) is 4.39 Å². The Labute approximate surface area is 121 Å². The van der Waals surface area contributed by atoms with Gasteiger partial charge >= 0.3 is 0 Å². The Morgan fingerprint density at radius 2 is 2.06 bits per heavy atom. The molecule has 18 heavy (non-hydrogen) atoms. The zero-order valence-electron chi connectivity index (χ0n) is 10.7. The molecule has 0 saturated heterocycles. The standard InChI is InChI=1S/C14H16FN2.Ir/c1-14(2,3)12-10-17(16-13(12)9-15)11-7-5-4-6-8-11;/h4-7,10H,9H2,1-3H3;/q-1;. The summed E-state index contributed by atoms with van der Waals surface area (Å²) in [6.07, 6.45) is 1.89. The zero-order valence-corrected chi connectivity index (χ0v) is 13.1. The van der Waals surface area contributed by atoms with E-state index in [0.29, 0.717) is 5.69 Å². The summed E-state index contributed by atoms with van der Waals surface area (Å²) in [5.41, 5.74) is 2.18. The van der Waals surface area contributed by atoms with E-state index in [-0.39, 0.29) is 25.5 Å². The molecule has 0 spiro atoms. The maximum atomic E-state index is 13.0. The Bertz CT molecular complexity index is 500. The number of hydrogen-bond acceptors (Lipinski definition) is 1. The first kappa shape index (κ1) is 15.1. The molecule has 1 heterocycles. The van der Waals surface area contributed by atoms with Crippen LogP contribution >= 0.6 is 0 Å². The fourth-order valence-electron chi connectivity index (χ4n) is 1.78. The van der Waals surface area contributed by atoms with Crippen LogP contribution in [0.3, 0.4) is 0 Å². The number of aromatic nitrogens is 2. The van der Waals surface area contributed by atoms with Crippen LogP contribution in [0.5, 0.6) is 0 Å². The van der Waals surface area contributed by atoms with Gasteiger partial charge < -0.3 is 0 Å². The summed E-state index contributed by atoms with van der Waals surface area (Å²) in [7, 11) is 0. The Morgan fingerprint density at radius 3 is 2.50 bits per heavy atom. The molecule has 0 aliphatic heterocycles. The average molecular weight is 424 g/mol. The van der Waals surface area contributed by atoms with Gasteiger partial charge in [0.1, 0.15) is 6.67 Å². The van der Waals surface area contributed by atoms with Crippen LogP contribution in [0.1, 0.15) is 32.0 Å². The molecule has 0 amide bonds. The third kappa shape index (κ3) is 3.06. The summed E-state index contributed by atoms with van der Waals surface area (Å²) in [6.45, 7) is 5.64. The average Bonchev–Trinajstić information content (AvgIpc) is 2.74. The minimum atomic E-state index is -0.535. The van der Waals surface area contributed by atoms with Crippen LogP contribution in [0.25, 0.3) is 5.69 Å². The second-order valence-electron chi connectivity index (χ2n) is 5.07. The topological polar surface area (TPSA) is 17.8 Å². The first-order valence-electron chi connectivity index (χ1n) is 5.64. The van der Waals surface area contributed by atoms with Gasteiger partial charge in [0, 0.05) is 31.9 Å². The normalized spacial score (nSPS) is 11.1. The number of benzene rings is 1. The van der Waals surface area contributed by atoms with E-state index in [1.54, 1.807) is 4.68 Å². The molecule has 2 rings (SSSR count). The number of para-hydroxylation sites is 1. The van der Waals surface area contributed by atoms with Crippen LogP contribution in [0.2, 0.25) is 0 Å². The summed E-state index contributed by atoms with van der Waals surface area (Å²) >= 11 is 0. The molecular weight excluding hydrogens is 407 g/mol. The van der Waals surface area contributed by atoms with E-state index in [2.05, 4.69) is 31.9 Å². The molecule has 0 atom stereocenters. The molecule has 0 unspecified atom stereocenters. The van der Waals surface area contributed by atoms with Gasteiger partial charge in [-0.1, -0.05) is 20.8 Å². The number of alkyl halides is 1. The van der Waals surface area contributed by atoms with Crippen LogP contribution < -0.4 is 0 Å². The van der Waals surface area contributed by atoms with Crippen molar-refractivity contribution < 1.29 is 24.5 Å². The first-order valence-corrected chi connectivity index (χ1v) is 5.64. The van der Waals surface area contributed by atoms with Gasteiger partial charge in [0.05, 0.1) is 5.69 Å². The molecule has 0 N–H and O–H groups in total. The fraction of sp³-hybridized carbons (Fsp3) is 0.357. The summed E-state index contributed by atoms with van der Waals surface area (Å²) < 4.78 is 14.6. The fourth-order valence-corrected chi connectivity index (χ4v) is 1.78. The molecule has 1 aromatic heterocycles. The molecule has 99 valence electrons. The Kier molecular flexibility index (Phi) is 4.83. The van der Waals surface area contributed by atoms with Crippen molar-refractivity contribution >= 4 is 0 Å². The van der Waals surface area contributed by atoms with Crippen molar-refractivity contribution in [3.05, 3.63) is 47.8 Å². The van der Waals surface area contributed by atoms with Crippen LogP contribution in [0, 0.1) is 6.07 Å². The van der Waals surface area contributed by atoms with E-state index < -0.39 is 6.67 Å². The van der Waals surface area contributed by atoms with Crippen molar-refractivity contribution in [3.63, 3.8) is 0 Å². The van der Waals surface area contributed by atoms with Gasteiger partial charge in [-0.05, 0) is 11.1 Å². The Morgan fingerprint density at radius 1 is 1.33 bits per heavy atom. The zero-order chi connectivity index (χ0) is 12.5. The molecule has 2 nitrogen and oxygen atoms in total. The third-order valence-corrected chi connectivity index (χ3v) is 2.66. The van der Waals surface area contributed by atoms with E-state index in [9.17, 15) is 4.39 Å². The van der Waals surface area contributed by atoms with Gasteiger partial charge in [-0.3, -0.25) is 4.68 Å². The van der Waals surface area contributed by atoms with E-state index in [1.165, 1.54) is 0 Å². The molecule has 0 aliphatic rings. The van der Waals surface area contributed by atoms with Crippen LogP contribution in [-0.4, -0.2) is 9.78 Å². The minimum Gasteiger partial charge on any atom is -0.265 e. The van der Waals surface area contributed by atoms with Crippen molar-refractivity contribution in [2.45, 2.75) is 32.9 Å². The van der Waals surface area contributed by atoms with Crippen molar-refractivity contribution in [3.8, 4) is 5.69 Å². The van der Waals surface area contributed by atoms with Crippen molar-refractivity contribution in [1.29, 1.82) is 0 Å². The summed E-state index contributed by atoms with van der Waals surface area (Å²) in [5.74, 6) is 0. The predicted molar refractivity (Wildman–Crippen MR) is 65.9 cm³/mol. The molecular formula is C14H16FIrN2-. The van der Waals surface area contributed by atoms with Crippen molar-refractivity contribution in [2.24, 2.45) is 0 Å². The second kappa shape index (κ2) is 5.77. The van der Waals surface area contributed by atoms with Crippen LogP contribution in [0.15, 0.2) is 30.5 Å². The van der Waals surface area contributed by atoms with Gasteiger partial charge in [-0.15, -0.1) is 6.07 Å². The van der Waals surface area contributed by atoms with Crippen molar-refractivity contribution in [1.82, 2.24) is 9.78 Å². The molecule has 1 radical (unpaired) electrons. The molecule has 2 aromatic rings. The summed E-state index contributed by atoms with van der Waals surface area (Å²) in [6, 6.07) is 10.6. The predicted octanol–water partition coefficient (Wildman–Crippen LogP) is 3.44. The van der Waals surface area contributed by atoms with Gasteiger partial charge in [-0.2, -0.15) is 29.4 Å². The Hall–Kier alpha value is -0.991. The van der Waals surface area contributed by atoms with E-state index in [1.807, 2.05) is 30.5 Å². The monoisotopic (exact) mass is 424 g/mol. The molecule has 0 fully saturated rings. The smallest absolute Gasteiger partial charge is 0.134 e. The quantitative estimate of drug-likeness (QED) is 0.677. The minimum absolute atomic E-state index is 0. The first-order chi connectivity index (χ1) is 8.02. The molecule has 1 aromatic carbocycles. The number of rotatable bonds is 2. The summed E-state index contributed by atoms with van der Waals surface area (Å²) in [5, 5.41) is 4.28. The second-order valence-corrected chi connectivity index (χ2v) is 5.07. The number of halogens is 1. The number of nitrogens with zero attached hydrogens (tertiary/aromatic N) is 2. The van der Waals surface area contributed by atoms with E-state index >= 15 is 0 Å². The number of hydrogen-bond donors (Lipinski definition) is 0. The maximum absolute atomic E-state index is 13.0. The molecule has 0 saturated carbocycles. The van der Waals surface area contributed by atoms with Gasteiger partial charge in [0.15, 0.2) is 0 Å². The Balaban J connectivity index is 0.00000162. The molecule has 0 aliphatic carbocycles. The van der Waals surface area contributed by atoms with Gasteiger partial charge in [-0.25, -0.2) is 4.39 Å². The summed E-state index contributed by atoms with van der Waals surface area (Å²) in [4.78, 5) is 0. The third-order valence-electron chi connectivity index (χ3n) is 2.66. The molecule has 0 bridgehead atoms. The van der Waals surface area contributed by atoms with Crippen molar-refractivity contribution in [2.75, 3.05) is 0 Å². The van der Waals surface area contributed by atoms with E-state index in [0.717, 1.165) is 11.3 Å². The van der Waals surface area contributed by atoms with Gasteiger partial charge in [0.25, 0.3) is 0 Å². The van der Waals surface area contributed by atoms with E-state index in [4.69, 9.17) is 0 Å². The van der Waals surface area contributed by atoms with Crippen LogP contribution in [-0.2, 0) is 32.2 Å². The largest absolute Gasteiger partial charge is 0.265 e. The van der Waals surface area contributed by atoms with Gasteiger partial charge in [0.2, 0.25) is 0 Å². The molecule has 4 heteroatoms. The SMILES string of the molecule is CC(C)(C)c1cn(-c2[c-]cccc2)nc1CF.[Ir].